The second kappa shape index (κ2) is 10.5. The molecular formula is C26H29N3O3. The van der Waals surface area contributed by atoms with Gasteiger partial charge in [0.25, 0.3) is 0 Å². The summed E-state index contributed by atoms with van der Waals surface area (Å²) in [7, 11) is 0. The maximum absolute atomic E-state index is 13.4. The number of hydrogen-bond donors (Lipinski definition) is 2. The summed E-state index contributed by atoms with van der Waals surface area (Å²) in [5.74, 6) is -0.232. The van der Waals surface area contributed by atoms with Gasteiger partial charge in [0, 0.05) is 24.5 Å². The molecule has 32 heavy (non-hydrogen) atoms. The van der Waals surface area contributed by atoms with Gasteiger partial charge < -0.3 is 15.2 Å². The Bertz CT molecular complexity index is 937. The van der Waals surface area contributed by atoms with Gasteiger partial charge in [-0.3, -0.25) is 9.97 Å². The van der Waals surface area contributed by atoms with E-state index in [4.69, 9.17) is 4.74 Å². The van der Waals surface area contributed by atoms with Crippen molar-refractivity contribution in [2.24, 2.45) is 5.92 Å². The minimum Gasteiger partial charge on any atom is -0.462 e. The molecule has 0 aliphatic carbocycles. The lowest BCUT2D eigenvalue weighted by atomic mass is 9.85. The summed E-state index contributed by atoms with van der Waals surface area (Å²) in [4.78, 5) is 22.0. The number of aliphatic hydroxyl groups is 1. The lowest BCUT2D eigenvalue weighted by Gasteiger charge is -2.29. The average molecular weight is 432 g/mol. The van der Waals surface area contributed by atoms with Gasteiger partial charge in [-0.1, -0.05) is 60.7 Å². The summed E-state index contributed by atoms with van der Waals surface area (Å²) in [5.41, 5.74) is -0.123. The fraction of sp³-hybridized carbons (Fsp3) is 0.346. The molecule has 2 N–H and O–H groups in total. The second-order valence-corrected chi connectivity index (χ2v) is 8.30. The Labute approximate surface area is 188 Å². The molecule has 0 radical (unpaired) electrons. The summed E-state index contributed by atoms with van der Waals surface area (Å²) in [5, 5.41) is 15.0. The summed E-state index contributed by atoms with van der Waals surface area (Å²) in [6.07, 6.45) is 8.08. The Morgan fingerprint density at radius 2 is 1.66 bits per heavy atom. The molecule has 2 aromatic carbocycles. The molecule has 1 fully saturated rings. The van der Waals surface area contributed by atoms with Gasteiger partial charge in [-0.2, -0.15) is 0 Å². The molecule has 0 bridgehead atoms. The molecule has 1 saturated heterocycles. The van der Waals surface area contributed by atoms with Crippen molar-refractivity contribution in [3.63, 3.8) is 0 Å². The van der Waals surface area contributed by atoms with Crippen LogP contribution in [0.4, 0.5) is 0 Å². The molecular weight excluding hydrogens is 402 g/mol. The van der Waals surface area contributed by atoms with Gasteiger partial charge in [0.1, 0.15) is 0 Å². The van der Waals surface area contributed by atoms with Crippen LogP contribution in [0.5, 0.6) is 0 Å². The third-order valence-electron chi connectivity index (χ3n) is 6.17. The molecule has 1 aliphatic rings. The Balaban J connectivity index is 1.56. The number of nitrogens with zero attached hydrogens (tertiary/aromatic N) is 2. The highest BCUT2D eigenvalue weighted by atomic mass is 16.5. The molecule has 2 heterocycles. The number of hydrogen-bond acceptors (Lipinski definition) is 6. The van der Waals surface area contributed by atoms with E-state index in [-0.39, 0.29) is 12.5 Å². The third-order valence-corrected chi connectivity index (χ3v) is 6.17. The Kier molecular flexibility index (Phi) is 7.24. The van der Waals surface area contributed by atoms with Crippen LogP contribution in [0.2, 0.25) is 0 Å². The number of esters is 1. The maximum atomic E-state index is 13.4. The summed E-state index contributed by atoms with van der Waals surface area (Å²) < 4.78 is 5.80. The molecule has 0 spiro atoms. The van der Waals surface area contributed by atoms with Crippen molar-refractivity contribution in [2.75, 3.05) is 19.7 Å². The SMILES string of the molecule is O=C(OCC(CC1CCNCC1)c1cnccn1)C(O)(c1ccccc1)c1ccccc1. The monoisotopic (exact) mass is 431 g/mol. The zero-order chi connectivity index (χ0) is 22.2. The number of piperidine rings is 1. The van der Waals surface area contributed by atoms with Gasteiger partial charge in [0.05, 0.1) is 12.3 Å². The number of aromatic nitrogens is 2. The first kappa shape index (κ1) is 22.1. The number of rotatable bonds is 8. The van der Waals surface area contributed by atoms with Crippen molar-refractivity contribution in [1.29, 1.82) is 0 Å². The predicted molar refractivity (Wildman–Crippen MR) is 122 cm³/mol. The van der Waals surface area contributed by atoms with E-state index in [2.05, 4.69) is 15.3 Å². The first-order chi connectivity index (χ1) is 15.7. The van der Waals surface area contributed by atoms with Crippen LogP contribution in [0.15, 0.2) is 79.3 Å². The van der Waals surface area contributed by atoms with Crippen LogP contribution in [-0.4, -0.2) is 40.7 Å². The van der Waals surface area contributed by atoms with E-state index in [1.165, 1.54) is 0 Å². The zero-order valence-corrected chi connectivity index (χ0v) is 18.1. The number of carbonyl (C=O) groups excluding carboxylic acids is 1. The largest absolute Gasteiger partial charge is 0.462 e. The van der Waals surface area contributed by atoms with Crippen molar-refractivity contribution in [3.8, 4) is 0 Å². The average Bonchev–Trinajstić information content (AvgIpc) is 2.88. The van der Waals surface area contributed by atoms with E-state index in [0.29, 0.717) is 17.0 Å². The molecule has 0 amide bonds. The van der Waals surface area contributed by atoms with E-state index in [0.717, 1.165) is 38.0 Å². The highest BCUT2D eigenvalue weighted by Gasteiger charge is 2.42. The van der Waals surface area contributed by atoms with Crippen LogP contribution in [0, 0.1) is 5.92 Å². The van der Waals surface area contributed by atoms with Crippen molar-refractivity contribution in [1.82, 2.24) is 15.3 Å². The minimum atomic E-state index is -1.88. The normalized spacial score (nSPS) is 15.8. The maximum Gasteiger partial charge on any atom is 0.347 e. The van der Waals surface area contributed by atoms with E-state index in [9.17, 15) is 9.90 Å². The third kappa shape index (κ3) is 5.03. The topological polar surface area (TPSA) is 84.3 Å². The van der Waals surface area contributed by atoms with Crippen LogP contribution in [0.1, 0.15) is 42.0 Å². The van der Waals surface area contributed by atoms with Crippen LogP contribution in [-0.2, 0) is 15.1 Å². The number of benzene rings is 2. The molecule has 4 rings (SSSR count). The zero-order valence-electron chi connectivity index (χ0n) is 18.1. The van der Waals surface area contributed by atoms with E-state index in [1.54, 1.807) is 67.1 Å². The molecule has 1 aromatic heterocycles. The number of nitrogens with one attached hydrogen (secondary N) is 1. The van der Waals surface area contributed by atoms with Crippen LogP contribution < -0.4 is 5.32 Å². The fourth-order valence-electron chi connectivity index (χ4n) is 4.36. The molecule has 6 nitrogen and oxygen atoms in total. The van der Waals surface area contributed by atoms with Gasteiger partial charge in [0.15, 0.2) is 0 Å². The van der Waals surface area contributed by atoms with Gasteiger partial charge in [-0.25, -0.2) is 4.79 Å². The van der Waals surface area contributed by atoms with E-state index in [1.807, 2.05) is 12.1 Å². The number of ether oxygens (including phenoxy) is 1. The molecule has 6 heteroatoms. The first-order valence-corrected chi connectivity index (χ1v) is 11.1. The van der Waals surface area contributed by atoms with Gasteiger partial charge in [-0.15, -0.1) is 0 Å². The molecule has 1 unspecified atom stereocenters. The van der Waals surface area contributed by atoms with Crippen LogP contribution >= 0.6 is 0 Å². The standard InChI is InChI=1S/C26H29N3O3/c30-25(26(31,22-7-3-1-4-8-22)23-9-5-2-6-10-23)32-19-21(24-18-28-15-16-29-24)17-20-11-13-27-14-12-20/h1-10,15-16,18,20-21,27,31H,11-14,17,19H2. The highest BCUT2D eigenvalue weighted by molar-refractivity contribution is 5.85. The quantitative estimate of drug-likeness (QED) is 0.532. The van der Waals surface area contributed by atoms with Gasteiger partial charge >= 0.3 is 5.97 Å². The van der Waals surface area contributed by atoms with Crippen LogP contribution in [0.3, 0.4) is 0 Å². The first-order valence-electron chi connectivity index (χ1n) is 11.1. The lowest BCUT2D eigenvalue weighted by Crippen LogP contribution is -2.39. The van der Waals surface area contributed by atoms with Crippen LogP contribution in [0.25, 0.3) is 0 Å². The fourth-order valence-corrected chi connectivity index (χ4v) is 4.36. The lowest BCUT2D eigenvalue weighted by molar-refractivity contribution is -0.163. The number of carbonyl (C=O) groups is 1. The van der Waals surface area contributed by atoms with E-state index < -0.39 is 11.6 Å². The molecule has 3 aromatic rings. The van der Waals surface area contributed by atoms with Crippen molar-refractivity contribution in [2.45, 2.75) is 30.8 Å². The molecule has 0 saturated carbocycles. The molecule has 166 valence electrons. The van der Waals surface area contributed by atoms with E-state index >= 15 is 0 Å². The second-order valence-electron chi connectivity index (χ2n) is 8.30. The molecule has 1 aliphatic heterocycles. The van der Waals surface area contributed by atoms with Crippen molar-refractivity contribution >= 4 is 5.97 Å². The Morgan fingerprint density at radius 3 is 2.22 bits per heavy atom. The minimum absolute atomic E-state index is 0.0773. The predicted octanol–water partition coefficient (Wildman–Crippen LogP) is 3.43. The molecule has 1 atom stereocenters. The summed E-state index contributed by atoms with van der Waals surface area (Å²) in [6.45, 7) is 2.14. The van der Waals surface area contributed by atoms with Crippen molar-refractivity contribution < 1.29 is 14.6 Å². The van der Waals surface area contributed by atoms with Gasteiger partial charge in [0.2, 0.25) is 5.60 Å². The Hall–Kier alpha value is -3.09. The Morgan fingerprint density at radius 1 is 1.03 bits per heavy atom. The smallest absolute Gasteiger partial charge is 0.347 e. The van der Waals surface area contributed by atoms with Gasteiger partial charge in [-0.05, 0) is 49.4 Å². The summed E-state index contributed by atoms with van der Waals surface area (Å²) >= 11 is 0. The van der Waals surface area contributed by atoms with Crippen molar-refractivity contribution in [3.05, 3.63) is 96.1 Å². The highest BCUT2D eigenvalue weighted by Crippen LogP contribution is 2.33. The summed E-state index contributed by atoms with van der Waals surface area (Å²) in [6, 6.07) is 17.9.